The first-order valence-electron chi connectivity index (χ1n) is 6.86. The van der Waals surface area contributed by atoms with Gasteiger partial charge in [-0.05, 0) is 34.1 Å². The van der Waals surface area contributed by atoms with Gasteiger partial charge in [-0.15, -0.1) is 0 Å². The molecule has 0 aliphatic heterocycles. The topological polar surface area (TPSA) is 58.9 Å². The lowest BCUT2D eigenvalue weighted by Gasteiger charge is -2.27. The summed E-state index contributed by atoms with van der Waals surface area (Å²) in [4.78, 5) is 0. The van der Waals surface area contributed by atoms with E-state index < -0.39 is 5.60 Å². The highest BCUT2D eigenvalue weighted by atomic mass is 16.5. The third-order valence-corrected chi connectivity index (χ3v) is 3.33. The lowest BCUT2D eigenvalue weighted by atomic mass is 9.94. The molecule has 0 saturated carbocycles. The first kappa shape index (κ1) is 18.4. The monoisotopic (exact) mass is 274 g/mol. The van der Waals surface area contributed by atoms with E-state index in [2.05, 4.69) is 6.58 Å². The lowest BCUT2D eigenvalue weighted by Crippen LogP contribution is -2.32. The Labute approximate surface area is 117 Å². The number of hydrogen-bond acceptors (Lipinski definition) is 4. The van der Waals surface area contributed by atoms with Crippen molar-refractivity contribution in [2.24, 2.45) is 5.92 Å². The van der Waals surface area contributed by atoms with Crippen LogP contribution in [0.4, 0.5) is 0 Å². The number of aliphatic hydroxyl groups excluding tert-OH is 1. The van der Waals surface area contributed by atoms with Crippen molar-refractivity contribution >= 4 is 0 Å². The van der Waals surface area contributed by atoms with Crippen molar-refractivity contribution in [3.05, 3.63) is 12.3 Å². The van der Waals surface area contributed by atoms with E-state index in [0.717, 1.165) is 0 Å². The van der Waals surface area contributed by atoms with E-state index in [0.29, 0.717) is 31.8 Å². The van der Waals surface area contributed by atoms with Gasteiger partial charge < -0.3 is 19.7 Å². The Kier molecular flexibility index (Phi) is 7.64. The smallest absolute Gasteiger partial charge is 0.0929 e. The summed E-state index contributed by atoms with van der Waals surface area (Å²) in [5.41, 5.74) is -1.07. The molecule has 4 nitrogen and oxygen atoms in total. The van der Waals surface area contributed by atoms with E-state index in [1.54, 1.807) is 13.8 Å². The summed E-state index contributed by atoms with van der Waals surface area (Å²) in [6, 6.07) is 0. The average Bonchev–Trinajstić information content (AvgIpc) is 2.24. The van der Waals surface area contributed by atoms with E-state index in [4.69, 9.17) is 14.6 Å². The number of ether oxygens (including phenoxy) is 2. The number of aliphatic hydroxyl groups is 2. The standard InChI is InChI=1S/C15H30O4/c1-12(15(5,6)17)11-18-13(2)7-10-19-14(3,4)8-9-16/h12,16-17H,2,7-11H2,1,3-6H3. The Hall–Kier alpha value is -0.580. The predicted octanol–water partition coefficient (Wildman–Crippen LogP) is 2.49. The van der Waals surface area contributed by atoms with Gasteiger partial charge in [0.2, 0.25) is 0 Å². The summed E-state index contributed by atoms with van der Waals surface area (Å²) in [5.74, 6) is 0.701. The molecule has 0 amide bonds. The van der Waals surface area contributed by atoms with Crippen LogP contribution < -0.4 is 0 Å². The largest absolute Gasteiger partial charge is 0.498 e. The molecule has 4 heteroatoms. The van der Waals surface area contributed by atoms with E-state index >= 15 is 0 Å². The van der Waals surface area contributed by atoms with Crippen LogP contribution >= 0.6 is 0 Å². The van der Waals surface area contributed by atoms with Crippen LogP contribution in [0.25, 0.3) is 0 Å². The van der Waals surface area contributed by atoms with Crippen molar-refractivity contribution < 1.29 is 19.7 Å². The average molecular weight is 274 g/mol. The third-order valence-electron chi connectivity index (χ3n) is 3.33. The predicted molar refractivity (Wildman–Crippen MR) is 76.9 cm³/mol. The zero-order chi connectivity index (χ0) is 15.1. The Morgan fingerprint density at radius 1 is 1.26 bits per heavy atom. The first-order valence-corrected chi connectivity index (χ1v) is 6.86. The highest BCUT2D eigenvalue weighted by molar-refractivity contribution is 4.84. The van der Waals surface area contributed by atoms with Crippen LogP contribution in [0.1, 0.15) is 47.5 Å². The molecule has 114 valence electrons. The van der Waals surface area contributed by atoms with E-state index in [1.165, 1.54) is 0 Å². The second-order valence-electron chi connectivity index (χ2n) is 6.24. The molecule has 19 heavy (non-hydrogen) atoms. The fourth-order valence-electron chi connectivity index (χ4n) is 1.30. The molecule has 0 fully saturated rings. The van der Waals surface area contributed by atoms with Crippen LogP contribution in [0.5, 0.6) is 0 Å². The molecule has 0 aliphatic carbocycles. The minimum absolute atomic E-state index is 0.0380. The Balaban J connectivity index is 3.83. The van der Waals surface area contributed by atoms with Gasteiger partial charge in [0.15, 0.2) is 0 Å². The lowest BCUT2D eigenvalue weighted by molar-refractivity contribution is -0.0382. The highest BCUT2D eigenvalue weighted by Gasteiger charge is 2.23. The van der Waals surface area contributed by atoms with Crippen LogP contribution in [0.3, 0.4) is 0 Å². The Morgan fingerprint density at radius 3 is 2.32 bits per heavy atom. The molecular formula is C15H30O4. The summed E-state index contributed by atoms with van der Waals surface area (Å²) in [7, 11) is 0. The van der Waals surface area contributed by atoms with Crippen molar-refractivity contribution in [1.82, 2.24) is 0 Å². The molecule has 2 N–H and O–H groups in total. The highest BCUT2D eigenvalue weighted by Crippen LogP contribution is 2.18. The molecule has 0 rings (SSSR count). The van der Waals surface area contributed by atoms with Gasteiger partial charge in [-0.2, -0.15) is 0 Å². The summed E-state index contributed by atoms with van der Waals surface area (Å²) >= 11 is 0. The van der Waals surface area contributed by atoms with E-state index in [9.17, 15) is 5.11 Å². The van der Waals surface area contributed by atoms with Crippen molar-refractivity contribution in [2.75, 3.05) is 19.8 Å². The maximum Gasteiger partial charge on any atom is 0.0929 e. The van der Waals surface area contributed by atoms with Gasteiger partial charge in [-0.1, -0.05) is 13.5 Å². The van der Waals surface area contributed by atoms with Crippen molar-refractivity contribution in [2.45, 2.75) is 58.7 Å². The summed E-state index contributed by atoms with van der Waals surface area (Å²) < 4.78 is 11.2. The van der Waals surface area contributed by atoms with E-state index in [1.807, 2.05) is 20.8 Å². The molecule has 0 aromatic rings. The second kappa shape index (κ2) is 7.88. The van der Waals surface area contributed by atoms with Gasteiger partial charge in [0.1, 0.15) is 0 Å². The maximum atomic E-state index is 9.78. The Bertz CT molecular complexity index is 266. The zero-order valence-corrected chi connectivity index (χ0v) is 13.0. The van der Waals surface area contributed by atoms with E-state index in [-0.39, 0.29) is 18.1 Å². The van der Waals surface area contributed by atoms with Gasteiger partial charge in [-0.3, -0.25) is 0 Å². The fraction of sp³-hybridized carbons (Fsp3) is 0.867. The molecule has 0 aliphatic rings. The van der Waals surface area contributed by atoms with Crippen LogP contribution in [0.2, 0.25) is 0 Å². The number of rotatable bonds is 10. The normalized spacial score (nSPS) is 14.3. The SMILES string of the molecule is C=C(CCOC(C)(C)CCO)OCC(C)C(C)(C)O. The van der Waals surface area contributed by atoms with Crippen LogP contribution in [0, 0.1) is 5.92 Å². The fourth-order valence-corrected chi connectivity index (χ4v) is 1.30. The quantitative estimate of drug-likeness (QED) is 0.601. The van der Waals surface area contributed by atoms with Crippen LogP contribution in [-0.2, 0) is 9.47 Å². The van der Waals surface area contributed by atoms with Gasteiger partial charge in [0.25, 0.3) is 0 Å². The Morgan fingerprint density at radius 2 is 1.84 bits per heavy atom. The second-order valence-corrected chi connectivity index (χ2v) is 6.24. The van der Waals surface area contributed by atoms with Crippen molar-refractivity contribution in [3.63, 3.8) is 0 Å². The van der Waals surface area contributed by atoms with Gasteiger partial charge >= 0.3 is 0 Å². The van der Waals surface area contributed by atoms with Gasteiger partial charge in [0, 0.05) is 18.9 Å². The summed E-state index contributed by atoms with van der Waals surface area (Å²) in [6.07, 6.45) is 1.23. The van der Waals surface area contributed by atoms with Crippen LogP contribution in [-0.4, -0.2) is 41.2 Å². The molecule has 0 saturated heterocycles. The molecule has 0 aromatic carbocycles. The summed E-state index contributed by atoms with van der Waals surface area (Å²) in [5, 5.41) is 18.7. The molecule has 0 radical (unpaired) electrons. The first-order chi connectivity index (χ1) is 8.58. The third kappa shape index (κ3) is 9.03. The summed E-state index contributed by atoms with van der Waals surface area (Å²) in [6.45, 7) is 14.3. The molecule has 1 atom stereocenters. The van der Waals surface area contributed by atoms with Crippen LogP contribution in [0.15, 0.2) is 12.3 Å². The molecule has 0 spiro atoms. The molecule has 0 heterocycles. The molecule has 0 bridgehead atoms. The maximum absolute atomic E-state index is 9.78. The van der Waals surface area contributed by atoms with Gasteiger partial charge in [-0.25, -0.2) is 0 Å². The molecular weight excluding hydrogens is 244 g/mol. The minimum Gasteiger partial charge on any atom is -0.498 e. The zero-order valence-electron chi connectivity index (χ0n) is 13.0. The molecule has 0 aromatic heterocycles. The van der Waals surface area contributed by atoms with Gasteiger partial charge in [0.05, 0.1) is 30.2 Å². The number of hydrogen-bond donors (Lipinski definition) is 2. The minimum atomic E-state index is -0.750. The van der Waals surface area contributed by atoms with Crippen molar-refractivity contribution in [1.29, 1.82) is 0 Å². The molecule has 1 unspecified atom stereocenters. The van der Waals surface area contributed by atoms with Crippen molar-refractivity contribution in [3.8, 4) is 0 Å².